The van der Waals surface area contributed by atoms with Gasteiger partial charge >= 0.3 is 6.09 Å². The van der Waals surface area contributed by atoms with E-state index < -0.39 is 11.7 Å². The molecule has 1 unspecified atom stereocenters. The second kappa shape index (κ2) is 6.62. The predicted molar refractivity (Wildman–Crippen MR) is 77.0 cm³/mol. The second-order valence-electron chi connectivity index (χ2n) is 6.36. The predicted octanol–water partition coefficient (Wildman–Crippen LogP) is 0.0541. The Morgan fingerprint density at radius 1 is 1.14 bits per heavy atom. The Morgan fingerprint density at radius 3 is 2.29 bits per heavy atom. The van der Waals surface area contributed by atoms with Crippen molar-refractivity contribution in [3.8, 4) is 0 Å². The van der Waals surface area contributed by atoms with Gasteiger partial charge in [0.15, 0.2) is 0 Å². The van der Waals surface area contributed by atoms with E-state index in [2.05, 4.69) is 5.32 Å². The van der Waals surface area contributed by atoms with Crippen molar-refractivity contribution in [2.45, 2.75) is 32.5 Å². The average Bonchev–Trinajstić information content (AvgIpc) is 2.46. The summed E-state index contributed by atoms with van der Waals surface area (Å²) >= 11 is 0. The second-order valence-corrected chi connectivity index (χ2v) is 6.36. The SMILES string of the molecule is CC(C)(C)OC(=O)N1CCN(C(=O)C2CNCCO2)CC1. The zero-order chi connectivity index (χ0) is 15.5. The molecule has 2 aliphatic rings. The Balaban J connectivity index is 1.80. The van der Waals surface area contributed by atoms with Crippen LogP contribution < -0.4 is 5.32 Å². The van der Waals surface area contributed by atoms with Crippen molar-refractivity contribution in [3.63, 3.8) is 0 Å². The molecule has 0 radical (unpaired) electrons. The van der Waals surface area contributed by atoms with E-state index in [1.165, 1.54) is 0 Å². The number of morpholine rings is 1. The minimum atomic E-state index is -0.494. The minimum Gasteiger partial charge on any atom is -0.444 e. The summed E-state index contributed by atoms with van der Waals surface area (Å²) in [6.07, 6.45) is -0.711. The Morgan fingerprint density at radius 2 is 1.76 bits per heavy atom. The third-order valence-electron chi connectivity index (χ3n) is 3.45. The monoisotopic (exact) mass is 299 g/mol. The number of carbonyl (C=O) groups is 2. The highest BCUT2D eigenvalue weighted by molar-refractivity contribution is 5.81. The molecule has 7 nitrogen and oxygen atoms in total. The van der Waals surface area contributed by atoms with Gasteiger partial charge in [-0.3, -0.25) is 4.79 Å². The lowest BCUT2D eigenvalue weighted by Gasteiger charge is -2.37. The smallest absolute Gasteiger partial charge is 0.410 e. The van der Waals surface area contributed by atoms with Crippen LogP contribution in [0.3, 0.4) is 0 Å². The molecule has 120 valence electrons. The first-order valence-corrected chi connectivity index (χ1v) is 7.46. The van der Waals surface area contributed by atoms with E-state index in [1.54, 1.807) is 9.80 Å². The topological polar surface area (TPSA) is 71.1 Å². The molecular weight excluding hydrogens is 274 g/mol. The summed E-state index contributed by atoms with van der Waals surface area (Å²) in [6.45, 7) is 9.50. The van der Waals surface area contributed by atoms with Crippen molar-refractivity contribution in [1.29, 1.82) is 0 Å². The van der Waals surface area contributed by atoms with Crippen LogP contribution in [0.4, 0.5) is 4.79 Å². The fourth-order valence-corrected chi connectivity index (χ4v) is 2.36. The van der Waals surface area contributed by atoms with E-state index in [4.69, 9.17) is 9.47 Å². The van der Waals surface area contributed by atoms with Gasteiger partial charge in [-0.25, -0.2) is 4.79 Å². The van der Waals surface area contributed by atoms with Gasteiger partial charge in [0.25, 0.3) is 5.91 Å². The number of hydrogen-bond donors (Lipinski definition) is 1. The van der Waals surface area contributed by atoms with Crippen LogP contribution in [0.1, 0.15) is 20.8 Å². The van der Waals surface area contributed by atoms with Crippen LogP contribution in [0.5, 0.6) is 0 Å². The molecule has 0 aromatic rings. The fourth-order valence-electron chi connectivity index (χ4n) is 2.36. The van der Waals surface area contributed by atoms with Gasteiger partial charge in [-0.15, -0.1) is 0 Å². The van der Waals surface area contributed by atoms with Crippen LogP contribution in [-0.4, -0.2) is 79.4 Å². The third-order valence-corrected chi connectivity index (χ3v) is 3.45. The lowest BCUT2D eigenvalue weighted by Crippen LogP contribution is -2.56. The molecule has 0 aliphatic carbocycles. The highest BCUT2D eigenvalue weighted by Crippen LogP contribution is 2.13. The molecule has 7 heteroatoms. The Bertz CT molecular complexity index is 380. The van der Waals surface area contributed by atoms with Gasteiger partial charge in [0, 0.05) is 39.3 Å². The zero-order valence-electron chi connectivity index (χ0n) is 13.1. The van der Waals surface area contributed by atoms with Crippen LogP contribution in [-0.2, 0) is 14.3 Å². The number of ether oxygens (including phenoxy) is 2. The number of nitrogens with zero attached hydrogens (tertiary/aromatic N) is 2. The van der Waals surface area contributed by atoms with Crippen LogP contribution in [0.2, 0.25) is 0 Å². The van der Waals surface area contributed by atoms with Crippen molar-refractivity contribution in [1.82, 2.24) is 15.1 Å². The quantitative estimate of drug-likeness (QED) is 0.741. The van der Waals surface area contributed by atoms with Gasteiger partial charge in [-0.05, 0) is 20.8 Å². The molecule has 1 N–H and O–H groups in total. The molecule has 0 aromatic heterocycles. The molecule has 0 saturated carbocycles. The summed E-state index contributed by atoms with van der Waals surface area (Å²) in [7, 11) is 0. The number of rotatable bonds is 1. The maximum atomic E-state index is 12.3. The average molecular weight is 299 g/mol. The fraction of sp³-hybridized carbons (Fsp3) is 0.857. The lowest BCUT2D eigenvalue weighted by molar-refractivity contribution is -0.146. The van der Waals surface area contributed by atoms with Crippen molar-refractivity contribution >= 4 is 12.0 Å². The van der Waals surface area contributed by atoms with Gasteiger partial charge in [0.05, 0.1) is 6.61 Å². The summed E-state index contributed by atoms with van der Waals surface area (Å²) in [5, 5.41) is 3.15. The summed E-state index contributed by atoms with van der Waals surface area (Å²) in [6, 6.07) is 0. The molecule has 2 fully saturated rings. The Labute approximate surface area is 125 Å². The summed E-state index contributed by atoms with van der Waals surface area (Å²) in [5.74, 6) is 0.00559. The number of piperazine rings is 1. The zero-order valence-corrected chi connectivity index (χ0v) is 13.1. The summed E-state index contributed by atoms with van der Waals surface area (Å²) in [5.41, 5.74) is -0.494. The van der Waals surface area contributed by atoms with E-state index in [0.717, 1.165) is 6.54 Å². The van der Waals surface area contributed by atoms with Crippen LogP contribution in [0.25, 0.3) is 0 Å². The first-order chi connectivity index (χ1) is 9.87. The van der Waals surface area contributed by atoms with Gasteiger partial charge in [0.1, 0.15) is 11.7 Å². The van der Waals surface area contributed by atoms with Crippen molar-refractivity contribution in [2.24, 2.45) is 0 Å². The van der Waals surface area contributed by atoms with Crippen molar-refractivity contribution in [3.05, 3.63) is 0 Å². The van der Waals surface area contributed by atoms with E-state index in [9.17, 15) is 9.59 Å². The molecule has 2 aliphatic heterocycles. The Hall–Kier alpha value is -1.34. The molecule has 0 bridgehead atoms. The minimum absolute atomic E-state index is 0.00559. The molecule has 2 rings (SSSR count). The van der Waals surface area contributed by atoms with E-state index >= 15 is 0 Å². The molecule has 2 heterocycles. The van der Waals surface area contributed by atoms with Crippen molar-refractivity contribution in [2.75, 3.05) is 45.9 Å². The van der Waals surface area contributed by atoms with E-state index in [1.807, 2.05) is 20.8 Å². The molecule has 1 atom stereocenters. The molecule has 2 saturated heterocycles. The highest BCUT2D eigenvalue weighted by atomic mass is 16.6. The highest BCUT2D eigenvalue weighted by Gasteiger charge is 2.31. The van der Waals surface area contributed by atoms with Crippen LogP contribution in [0, 0.1) is 0 Å². The first-order valence-electron chi connectivity index (χ1n) is 7.46. The third kappa shape index (κ3) is 4.57. The molecule has 0 spiro atoms. The standard InChI is InChI=1S/C14H25N3O4/c1-14(2,3)21-13(19)17-7-5-16(6-8-17)12(18)11-10-15-4-9-20-11/h11,15H,4-10H2,1-3H3. The largest absolute Gasteiger partial charge is 0.444 e. The first kappa shape index (κ1) is 16.0. The summed E-state index contributed by atoms with van der Waals surface area (Å²) < 4.78 is 10.8. The molecule has 21 heavy (non-hydrogen) atoms. The lowest BCUT2D eigenvalue weighted by atomic mass is 10.2. The molecule has 2 amide bonds. The van der Waals surface area contributed by atoms with Gasteiger partial charge in [-0.2, -0.15) is 0 Å². The van der Waals surface area contributed by atoms with Crippen LogP contribution >= 0.6 is 0 Å². The van der Waals surface area contributed by atoms with Crippen LogP contribution in [0.15, 0.2) is 0 Å². The van der Waals surface area contributed by atoms with Gasteiger partial charge in [0.2, 0.25) is 0 Å². The summed E-state index contributed by atoms with van der Waals surface area (Å²) in [4.78, 5) is 27.7. The number of nitrogens with one attached hydrogen (secondary N) is 1. The number of carbonyl (C=O) groups excluding carboxylic acids is 2. The van der Waals surface area contributed by atoms with E-state index in [-0.39, 0.29) is 12.0 Å². The number of amides is 2. The maximum Gasteiger partial charge on any atom is 0.410 e. The van der Waals surface area contributed by atoms with E-state index in [0.29, 0.717) is 39.3 Å². The van der Waals surface area contributed by atoms with Gasteiger partial charge < -0.3 is 24.6 Å². The normalized spacial score (nSPS) is 23.9. The maximum absolute atomic E-state index is 12.3. The Kier molecular flexibility index (Phi) is 5.05. The number of hydrogen-bond acceptors (Lipinski definition) is 5. The molecular formula is C14H25N3O4. The van der Waals surface area contributed by atoms with Gasteiger partial charge in [-0.1, -0.05) is 0 Å². The molecule has 0 aromatic carbocycles. The van der Waals surface area contributed by atoms with Crippen molar-refractivity contribution < 1.29 is 19.1 Å².